The molecule has 0 spiro atoms. The average molecular weight is 1100 g/mol. The second kappa shape index (κ2) is 66.6. The highest BCUT2D eigenvalue weighted by Crippen LogP contribution is 2.17. The smallest absolute Gasteiger partial charge is 0.306 e. The lowest BCUT2D eigenvalue weighted by atomic mass is 10.0. The molecule has 6 nitrogen and oxygen atoms in total. The second-order valence-corrected chi connectivity index (χ2v) is 22.0. The molecule has 0 aromatic heterocycles. The van der Waals surface area contributed by atoms with Crippen molar-refractivity contribution in [2.24, 2.45) is 0 Å². The van der Waals surface area contributed by atoms with Crippen molar-refractivity contribution >= 4 is 17.9 Å². The quantitative estimate of drug-likeness (QED) is 0.0261. The highest BCUT2D eigenvalue weighted by Gasteiger charge is 2.19. The molecule has 0 radical (unpaired) electrons. The van der Waals surface area contributed by atoms with E-state index in [1.165, 1.54) is 173 Å². The lowest BCUT2D eigenvalue weighted by Crippen LogP contribution is -2.30. The summed E-state index contributed by atoms with van der Waals surface area (Å²) >= 11 is 0. The van der Waals surface area contributed by atoms with Crippen molar-refractivity contribution in [3.8, 4) is 0 Å². The minimum absolute atomic E-state index is 0.0962. The van der Waals surface area contributed by atoms with E-state index < -0.39 is 6.10 Å². The Kier molecular flexibility index (Phi) is 63.3. The van der Waals surface area contributed by atoms with Gasteiger partial charge >= 0.3 is 17.9 Å². The van der Waals surface area contributed by atoms with Gasteiger partial charge in [0.15, 0.2) is 6.10 Å². The summed E-state index contributed by atoms with van der Waals surface area (Å²) in [6, 6.07) is 0. The van der Waals surface area contributed by atoms with E-state index in [9.17, 15) is 14.4 Å². The number of esters is 3. The zero-order chi connectivity index (χ0) is 57.1. The summed E-state index contributed by atoms with van der Waals surface area (Å²) in [6.07, 6.45) is 91.3. The molecule has 0 rings (SSSR count). The lowest BCUT2D eigenvalue weighted by Gasteiger charge is -2.18. The van der Waals surface area contributed by atoms with Gasteiger partial charge in [-0.25, -0.2) is 0 Å². The summed E-state index contributed by atoms with van der Waals surface area (Å²) in [5.41, 5.74) is 0. The van der Waals surface area contributed by atoms with Gasteiger partial charge in [-0.15, -0.1) is 0 Å². The molecule has 0 aliphatic heterocycles. The summed E-state index contributed by atoms with van der Waals surface area (Å²) in [4.78, 5) is 38.2. The van der Waals surface area contributed by atoms with E-state index in [1.54, 1.807) is 0 Å². The van der Waals surface area contributed by atoms with Crippen LogP contribution in [0, 0.1) is 0 Å². The topological polar surface area (TPSA) is 78.9 Å². The maximum atomic E-state index is 12.9. The second-order valence-electron chi connectivity index (χ2n) is 22.0. The van der Waals surface area contributed by atoms with E-state index >= 15 is 0 Å². The highest BCUT2D eigenvalue weighted by atomic mass is 16.6. The Morgan fingerprint density at radius 2 is 0.519 bits per heavy atom. The molecule has 0 aliphatic carbocycles. The fourth-order valence-electron chi connectivity index (χ4n) is 9.37. The summed E-state index contributed by atoms with van der Waals surface area (Å²) in [6.45, 7) is 6.38. The van der Waals surface area contributed by atoms with Crippen molar-refractivity contribution in [2.45, 2.75) is 322 Å². The Balaban J connectivity index is 4.18. The van der Waals surface area contributed by atoms with Crippen LogP contribution in [0.15, 0.2) is 109 Å². The Morgan fingerprint density at radius 1 is 0.266 bits per heavy atom. The standard InChI is InChI=1S/C73H124O6/c1-4-7-10-13-16-19-22-25-27-28-29-30-31-32-33-34-35-36-37-38-39-40-41-42-43-44-46-48-51-54-57-60-63-66-72(75)78-69-70(68-77-71(74)65-62-59-56-53-50-47-24-21-18-15-12-9-6-3)79-73(76)67-64-61-58-55-52-49-45-26-23-20-17-14-11-8-5-2/h7,9-10,12,16,18-19,21,25,27,29-30,32-33,47,50,56,59,70H,4-6,8,11,13-15,17,20,22-24,26,28,31,34-46,48-49,51-55,57-58,60-69H2,1-3H3/b10-7-,12-9-,19-16-,21-18-,27-25-,30-29-,33-32-,50-47-,59-56-. The van der Waals surface area contributed by atoms with Crippen LogP contribution in [0.4, 0.5) is 0 Å². The van der Waals surface area contributed by atoms with Crippen molar-refractivity contribution in [1.82, 2.24) is 0 Å². The number of ether oxygens (including phenoxy) is 3. The van der Waals surface area contributed by atoms with Crippen LogP contribution in [-0.2, 0) is 28.6 Å². The van der Waals surface area contributed by atoms with Crippen LogP contribution in [0.25, 0.3) is 0 Å². The molecule has 0 N–H and O–H groups in total. The van der Waals surface area contributed by atoms with Gasteiger partial charge in [0.1, 0.15) is 13.2 Å². The first-order chi connectivity index (χ1) is 39.0. The third kappa shape index (κ3) is 64.8. The molecule has 0 saturated heterocycles. The van der Waals surface area contributed by atoms with E-state index in [2.05, 4.69) is 124 Å². The molecule has 1 unspecified atom stereocenters. The monoisotopic (exact) mass is 1100 g/mol. The molecule has 1 atom stereocenters. The average Bonchev–Trinajstić information content (AvgIpc) is 3.45. The Bertz CT molecular complexity index is 1590. The molecule has 0 bridgehead atoms. The first-order valence-corrected chi connectivity index (χ1v) is 33.4. The van der Waals surface area contributed by atoms with Crippen molar-refractivity contribution in [3.63, 3.8) is 0 Å². The first-order valence-electron chi connectivity index (χ1n) is 33.4. The van der Waals surface area contributed by atoms with E-state index in [0.29, 0.717) is 19.3 Å². The van der Waals surface area contributed by atoms with Gasteiger partial charge in [-0.2, -0.15) is 0 Å². The molecule has 0 saturated carbocycles. The molecule has 0 aromatic rings. The molecule has 0 heterocycles. The SMILES string of the molecule is CC/C=C\C/C=C\C/C=C\C/C=C\C/C=C\CCCCCCCCCCCCCCCCCCCC(=O)OCC(COC(=O)CC/C=C\C/C=C\C/C=C\C/C=C\CC)OC(=O)CCCCCCCCCCCCCCCCC. The van der Waals surface area contributed by atoms with Gasteiger partial charge in [-0.3, -0.25) is 14.4 Å². The molecule has 0 amide bonds. The highest BCUT2D eigenvalue weighted by molar-refractivity contribution is 5.71. The fourth-order valence-corrected chi connectivity index (χ4v) is 9.37. The van der Waals surface area contributed by atoms with E-state index in [-0.39, 0.29) is 37.5 Å². The van der Waals surface area contributed by atoms with Gasteiger partial charge in [0, 0.05) is 19.3 Å². The fraction of sp³-hybridized carbons (Fsp3) is 0.712. The van der Waals surface area contributed by atoms with Crippen molar-refractivity contribution in [2.75, 3.05) is 13.2 Å². The summed E-state index contributed by atoms with van der Waals surface area (Å²) < 4.78 is 16.8. The number of hydrogen-bond donors (Lipinski definition) is 0. The maximum absolute atomic E-state index is 12.9. The lowest BCUT2D eigenvalue weighted by molar-refractivity contribution is -0.166. The Morgan fingerprint density at radius 3 is 0.848 bits per heavy atom. The molecular formula is C73H124O6. The minimum atomic E-state index is -0.805. The van der Waals surface area contributed by atoms with Crippen LogP contribution >= 0.6 is 0 Å². The number of carbonyl (C=O) groups is 3. The number of hydrogen-bond acceptors (Lipinski definition) is 6. The van der Waals surface area contributed by atoms with Gasteiger partial charge < -0.3 is 14.2 Å². The van der Waals surface area contributed by atoms with Crippen LogP contribution in [0.5, 0.6) is 0 Å². The summed E-state index contributed by atoms with van der Waals surface area (Å²) in [5, 5.41) is 0. The molecule has 452 valence electrons. The van der Waals surface area contributed by atoms with E-state index in [0.717, 1.165) is 96.3 Å². The summed E-state index contributed by atoms with van der Waals surface area (Å²) in [5.74, 6) is -0.969. The zero-order valence-corrected chi connectivity index (χ0v) is 51.9. The van der Waals surface area contributed by atoms with Gasteiger partial charge in [-0.05, 0) is 89.9 Å². The number of carbonyl (C=O) groups excluding carboxylic acids is 3. The van der Waals surface area contributed by atoms with Crippen molar-refractivity contribution in [3.05, 3.63) is 109 Å². The predicted molar refractivity (Wildman–Crippen MR) is 343 cm³/mol. The van der Waals surface area contributed by atoms with Gasteiger partial charge in [0.25, 0.3) is 0 Å². The zero-order valence-electron chi connectivity index (χ0n) is 51.9. The van der Waals surface area contributed by atoms with Crippen LogP contribution in [0.3, 0.4) is 0 Å². The largest absolute Gasteiger partial charge is 0.462 e. The molecule has 79 heavy (non-hydrogen) atoms. The van der Waals surface area contributed by atoms with Crippen LogP contribution in [0.2, 0.25) is 0 Å². The van der Waals surface area contributed by atoms with Crippen LogP contribution in [-0.4, -0.2) is 37.2 Å². The number of rotatable bonds is 60. The van der Waals surface area contributed by atoms with Crippen LogP contribution < -0.4 is 0 Å². The third-order valence-electron chi connectivity index (χ3n) is 14.3. The van der Waals surface area contributed by atoms with E-state index in [1.807, 2.05) is 6.08 Å². The summed E-state index contributed by atoms with van der Waals surface area (Å²) in [7, 11) is 0. The van der Waals surface area contributed by atoms with Gasteiger partial charge in [0.2, 0.25) is 0 Å². The predicted octanol–water partition coefficient (Wildman–Crippen LogP) is 23.0. The molecule has 0 aromatic carbocycles. The molecular weight excluding hydrogens is 973 g/mol. The minimum Gasteiger partial charge on any atom is -0.462 e. The molecule has 0 fully saturated rings. The van der Waals surface area contributed by atoms with Crippen molar-refractivity contribution < 1.29 is 28.6 Å². The van der Waals surface area contributed by atoms with Gasteiger partial charge in [-0.1, -0.05) is 316 Å². The van der Waals surface area contributed by atoms with E-state index in [4.69, 9.17) is 14.2 Å². The third-order valence-corrected chi connectivity index (χ3v) is 14.3. The number of allylic oxidation sites excluding steroid dienone is 18. The first kappa shape index (κ1) is 75.1. The molecule has 6 heteroatoms. The van der Waals surface area contributed by atoms with Crippen LogP contribution in [0.1, 0.15) is 316 Å². The van der Waals surface area contributed by atoms with Crippen molar-refractivity contribution in [1.29, 1.82) is 0 Å². The molecule has 0 aliphatic rings. The Labute approximate surface area is 489 Å². The Hall–Kier alpha value is -3.93. The normalized spacial score (nSPS) is 12.8. The van der Waals surface area contributed by atoms with Gasteiger partial charge in [0.05, 0.1) is 0 Å². The number of unbranched alkanes of at least 4 members (excludes halogenated alkanes) is 31. The maximum Gasteiger partial charge on any atom is 0.306 e.